The lowest BCUT2D eigenvalue weighted by Crippen LogP contribution is -1.97. The number of carbonyl (C=O) groups is 1. The summed E-state index contributed by atoms with van der Waals surface area (Å²) >= 11 is 5.90. The fraction of sp³-hybridized carbons (Fsp3) is 0.364. The van der Waals surface area contributed by atoms with E-state index in [1.807, 2.05) is 0 Å². The molecule has 0 aliphatic heterocycles. The van der Waals surface area contributed by atoms with Gasteiger partial charge in [-0.15, -0.1) is 0 Å². The Balaban J connectivity index is 2.69. The van der Waals surface area contributed by atoms with Gasteiger partial charge in [0.1, 0.15) is 5.82 Å². The fourth-order valence-electron chi connectivity index (χ4n) is 1.31. The van der Waals surface area contributed by atoms with Gasteiger partial charge in [0.15, 0.2) is 0 Å². The number of aryl methyl sites for hydroxylation is 2. The molecule has 82 valence electrons. The van der Waals surface area contributed by atoms with Gasteiger partial charge in [0.05, 0.1) is 0 Å². The first-order valence-corrected chi connectivity index (χ1v) is 5.05. The largest absolute Gasteiger partial charge is 0.481 e. The lowest BCUT2D eigenvalue weighted by atomic mass is 10.1. The van der Waals surface area contributed by atoms with E-state index in [9.17, 15) is 9.18 Å². The van der Waals surface area contributed by atoms with Crippen LogP contribution in [0.15, 0.2) is 12.1 Å². The molecule has 0 heterocycles. The van der Waals surface area contributed by atoms with Gasteiger partial charge in [0.2, 0.25) is 0 Å². The molecular weight excluding hydrogens is 219 g/mol. The van der Waals surface area contributed by atoms with E-state index in [1.54, 1.807) is 13.0 Å². The summed E-state index contributed by atoms with van der Waals surface area (Å²) in [5, 5.41) is 8.95. The zero-order valence-corrected chi connectivity index (χ0v) is 9.14. The predicted molar refractivity (Wildman–Crippen MR) is 56.7 cm³/mol. The maximum absolute atomic E-state index is 13.2. The second-order valence-electron chi connectivity index (χ2n) is 3.44. The molecule has 0 amide bonds. The lowest BCUT2D eigenvalue weighted by molar-refractivity contribution is -0.137. The van der Waals surface area contributed by atoms with E-state index in [1.165, 1.54) is 6.07 Å². The molecule has 1 rings (SSSR count). The molecule has 0 saturated carbocycles. The van der Waals surface area contributed by atoms with Crippen LogP contribution in [0.4, 0.5) is 4.39 Å². The van der Waals surface area contributed by atoms with Crippen molar-refractivity contribution in [3.8, 4) is 0 Å². The van der Waals surface area contributed by atoms with Gasteiger partial charge in [0.25, 0.3) is 0 Å². The average molecular weight is 231 g/mol. The van der Waals surface area contributed by atoms with E-state index in [4.69, 9.17) is 16.7 Å². The number of benzene rings is 1. The third kappa shape index (κ3) is 3.51. The zero-order chi connectivity index (χ0) is 11.4. The van der Waals surface area contributed by atoms with Crippen molar-refractivity contribution in [1.29, 1.82) is 0 Å². The Hall–Kier alpha value is -1.09. The summed E-state index contributed by atoms with van der Waals surface area (Å²) in [5.41, 5.74) is 1.17. The summed E-state index contributed by atoms with van der Waals surface area (Å²) in [6.07, 6.45) is 1.03. The number of hydrogen-bond donors (Lipinski definition) is 1. The van der Waals surface area contributed by atoms with Crippen LogP contribution in [0.3, 0.4) is 0 Å². The predicted octanol–water partition coefficient (Wildman–Crippen LogP) is 3.19. The van der Waals surface area contributed by atoms with Gasteiger partial charge in [-0.05, 0) is 43.0 Å². The minimum absolute atomic E-state index is 0.0752. The summed E-state index contributed by atoms with van der Waals surface area (Å²) in [5.74, 6) is -1.15. The topological polar surface area (TPSA) is 37.3 Å². The second-order valence-corrected chi connectivity index (χ2v) is 3.85. The van der Waals surface area contributed by atoms with Crippen molar-refractivity contribution in [3.05, 3.63) is 34.1 Å². The smallest absolute Gasteiger partial charge is 0.303 e. The Morgan fingerprint density at radius 1 is 1.53 bits per heavy atom. The molecule has 0 unspecified atom stereocenters. The molecule has 0 radical (unpaired) electrons. The molecule has 0 bridgehead atoms. The van der Waals surface area contributed by atoms with Crippen molar-refractivity contribution in [3.63, 3.8) is 0 Å². The quantitative estimate of drug-likeness (QED) is 0.863. The third-order valence-electron chi connectivity index (χ3n) is 2.16. The second kappa shape index (κ2) is 5.12. The van der Waals surface area contributed by atoms with Gasteiger partial charge >= 0.3 is 5.97 Å². The minimum Gasteiger partial charge on any atom is -0.481 e. The Morgan fingerprint density at radius 3 is 2.80 bits per heavy atom. The highest BCUT2D eigenvalue weighted by Crippen LogP contribution is 2.22. The molecule has 0 aliphatic rings. The molecule has 1 aromatic carbocycles. The van der Waals surface area contributed by atoms with Gasteiger partial charge in [-0.3, -0.25) is 4.79 Å². The van der Waals surface area contributed by atoms with Crippen molar-refractivity contribution < 1.29 is 14.3 Å². The molecule has 4 heteroatoms. The van der Waals surface area contributed by atoms with Crippen molar-refractivity contribution >= 4 is 17.6 Å². The highest BCUT2D eigenvalue weighted by atomic mass is 35.5. The molecule has 0 aliphatic carbocycles. The first-order valence-electron chi connectivity index (χ1n) is 4.67. The molecule has 0 fully saturated rings. The number of halogens is 2. The highest BCUT2D eigenvalue weighted by Gasteiger charge is 2.06. The molecule has 0 aromatic heterocycles. The summed E-state index contributed by atoms with van der Waals surface area (Å²) in [4.78, 5) is 10.3. The zero-order valence-electron chi connectivity index (χ0n) is 8.39. The van der Waals surface area contributed by atoms with Gasteiger partial charge in [-0.1, -0.05) is 11.6 Å². The number of carboxylic acids is 1. The molecular formula is C11H12ClFO2. The SMILES string of the molecule is Cc1cc(Cl)c(CCCC(=O)O)cc1F. The number of aliphatic carboxylic acids is 1. The fourth-order valence-corrected chi connectivity index (χ4v) is 1.62. The number of carboxylic acid groups (broad SMARTS) is 1. The van der Waals surface area contributed by atoms with Crippen LogP contribution in [0, 0.1) is 12.7 Å². The standard InChI is InChI=1S/C11H12ClFO2/c1-7-5-9(12)8(6-10(7)13)3-2-4-11(14)15/h5-6H,2-4H2,1H3,(H,14,15). The molecule has 0 saturated heterocycles. The number of rotatable bonds is 4. The van der Waals surface area contributed by atoms with Gasteiger partial charge in [0, 0.05) is 11.4 Å². The molecule has 0 atom stereocenters. The van der Waals surface area contributed by atoms with Crippen LogP contribution in [-0.4, -0.2) is 11.1 Å². The van der Waals surface area contributed by atoms with Crippen molar-refractivity contribution in [1.82, 2.24) is 0 Å². The first kappa shape index (κ1) is 12.0. The maximum atomic E-state index is 13.2. The normalized spacial score (nSPS) is 10.3. The molecule has 1 N–H and O–H groups in total. The molecule has 2 nitrogen and oxygen atoms in total. The van der Waals surface area contributed by atoms with Gasteiger partial charge in [-0.25, -0.2) is 4.39 Å². The maximum Gasteiger partial charge on any atom is 0.303 e. The van der Waals surface area contributed by atoms with Crippen LogP contribution in [0.5, 0.6) is 0 Å². The van der Waals surface area contributed by atoms with Crippen LogP contribution >= 0.6 is 11.6 Å². The van der Waals surface area contributed by atoms with E-state index in [2.05, 4.69) is 0 Å². The lowest BCUT2D eigenvalue weighted by Gasteiger charge is -2.05. The van der Waals surface area contributed by atoms with Crippen LogP contribution in [0.2, 0.25) is 5.02 Å². The van der Waals surface area contributed by atoms with E-state index >= 15 is 0 Å². The molecule has 15 heavy (non-hydrogen) atoms. The van der Waals surface area contributed by atoms with Crippen LogP contribution in [-0.2, 0) is 11.2 Å². The van der Waals surface area contributed by atoms with E-state index in [0.29, 0.717) is 29.0 Å². The summed E-state index contributed by atoms with van der Waals surface area (Å²) in [6, 6.07) is 2.94. The van der Waals surface area contributed by atoms with Crippen molar-refractivity contribution in [2.24, 2.45) is 0 Å². The molecule has 1 aromatic rings. The van der Waals surface area contributed by atoms with Crippen LogP contribution in [0.25, 0.3) is 0 Å². The van der Waals surface area contributed by atoms with E-state index in [-0.39, 0.29) is 12.2 Å². The van der Waals surface area contributed by atoms with E-state index < -0.39 is 5.97 Å². The van der Waals surface area contributed by atoms with Crippen molar-refractivity contribution in [2.75, 3.05) is 0 Å². The molecule has 0 spiro atoms. The first-order chi connectivity index (χ1) is 7.00. The van der Waals surface area contributed by atoms with Crippen LogP contribution < -0.4 is 0 Å². The minimum atomic E-state index is -0.848. The third-order valence-corrected chi connectivity index (χ3v) is 2.52. The summed E-state index contributed by atoms with van der Waals surface area (Å²) in [6.45, 7) is 1.64. The van der Waals surface area contributed by atoms with Crippen molar-refractivity contribution in [2.45, 2.75) is 26.2 Å². The Kier molecular flexibility index (Phi) is 4.09. The van der Waals surface area contributed by atoms with E-state index in [0.717, 1.165) is 0 Å². The Bertz CT molecular complexity index is 377. The van der Waals surface area contributed by atoms with Gasteiger partial charge in [-0.2, -0.15) is 0 Å². The number of hydrogen-bond acceptors (Lipinski definition) is 1. The summed E-state index contributed by atoms with van der Waals surface area (Å²) in [7, 11) is 0. The monoisotopic (exact) mass is 230 g/mol. The van der Waals surface area contributed by atoms with Crippen LogP contribution in [0.1, 0.15) is 24.0 Å². The summed E-state index contributed by atoms with van der Waals surface area (Å²) < 4.78 is 13.2. The Morgan fingerprint density at radius 2 is 2.20 bits per heavy atom. The average Bonchev–Trinajstić information content (AvgIpc) is 2.13. The Labute approximate surface area is 92.7 Å². The highest BCUT2D eigenvalue weighted by molar-refractivity contribution is 6.31. The van der Waals surface area contributed by atoms with Gasteiger partial charge < -0.3 is 5.11 Å².